The summed E-state index contributed by atoms with van der Waals surface area (Å²) in [6, 6.07) is 11.3. The summed E-state index contributed by atoms with van der Waals surface area (Å²) in [6.45, 7) is 1.98. The number of carbonyl (C=O) groups excluding carboxylic acids is 1. The van der Waals surface area contributed by atoms with E-state index in [1.54, 1.807) is 6.20 Å². The zero-order valence-corrected chi connectivity index (χ0v) is 11.1. The number of carbonyl (C=O) groups is 1. The summed E-state index contributed by atoms with van der Waals surface area (Å²) in [6.07, 6.45) is 2.13. The van der Waals surface area contributed by atoms with Crippen LogP contribution in [0.25, 0.3) is 0 Å². The van der Waals surface area contributed by atoms with Crippen LogP contribution >= 0.6 is 15.9 Å². The van der Waals surface area contributed by atoms with Crippen LogP contribution in [0.3, 0.4) is 0 Å². The number of Topliss-reactive ketones (excluding diaryl/α,β-unsaturated/α-hetero) is 1. The van der Waals surface area contributed by atoms with Gasteiger partial charge in [0, 0.05) is 21.9 Å². The van der Waals surface area contributed by atoms with Gasteiger partial charge in [-0.2, -0.15) is 0 Å². The molecule has 86 valence electrons. The summed E-state index contributed by atoms with van der Waals surface area (Å²) in [5, 5.41) is 0. The normalized spacial score (nSPS) is 10.2. The first kappa shape index (κ1) is 12.0. The fourth-order valence-corrected chi connectivity index (χ4v) is 1.93. The lowest BCUT2D eigenvalue weighted by Gasteiger charge is -2.02. The fraction of sp³-hybridized carbons (Fsp3) is 0.143. The highest BCUT2D eigenvalue weighted by atomic mass is 79.9. The van der Waals surface area contributed by atoms with Crippen molar-refractivity contribution in [1.29, 1.82) is 0 Å². The molecule has 1 aromatic carbocycles. The fourth-order valence-electron chi connectivity index (χ4n) is 1.53. The highest BCUT2D eigenvalue weighted by Crippen LogP contribution is 2.13. The molecular weight excluding hydrogens is 278 g/mol. The maximum Gasteiger partial charge on any atom is 0.168 e. The van der Waals surface area contributed by atoms with Crippen molar-refractivity contribution in [1.82, 2.24) is 4.98 Å². The number of hydrogen-bond acceptors (Lipinski definition) is 2. The molecule has 1 aromatic heterocycles. The summed E-state index contributed by atoms with van der Waals surface area (Å²) in [4.78, 5) is 16.2. The van der Waals surface area contributed by atoms with Crippen LogP contribution in [0, 0.1) is 6.92 Å². The van der Waals surface area contributed by atoms with E-state index < -0.39 is 0 Å². The number of hydrogen-bond donors (Lipinski definition) is 0. The molecule has 0 spiro atoms. The molecule has 2 aromatic rings. The molecule has 0 saturated carbocycles. The van der Waals surface area contributed by atoms with Crippen LogP contribution in [-0.4, -0.2) is 10.8 Å². The van der Waals surface area contributed by atoms with Gasteiger partial charge in [0.2, 0.25) is 0 Å². The number of aryl methyl sites for hydroxylation is 1. The number of ketones is 1. The van der Waals surface area contributed by atoms with Gasteiger partial charge >= 0.3 is 0 Å². The van der Waals surface area contributed by atoms with Crippen molar-refractivity contribution in [3.63, 3.8) is 0 Å². The van der Waals surface area contributed by atoms with Gasteiger partial charge in [0.25, 0.3) is 0 Å². The maximum atomic E-state index is 12.0. The molecule has 1 heterocycles. The smallest absolute Gasteiger partial charge is 0.168 e. The van der Waals surface area contributed by atoms with Gasteiger partial charge in [-0.3, -0.25) is 9.78 Å². The monoisotopic (exact) mass is 289 g/mol. The van der Waals surface area contributed by atoms with Crippen LogP contribution in [0.2, 0.25) is 0 Å². The van der Waals surface area contributed by atoms with Gasteiger partial charge < -0.3 is 0 Å². The first-order valence-electron chi connectivity index (χ1n) is 5.35. The maximum absolute atomic E-state index is 12.0. The van der Waals surface area contributed by atoms with Crippen molar-refractivity contribution in [3.8, 4) is 0 Å². The third-order valence-electron chi connectivity index (χ3n) is 2.46. The molecule has 2 rings (SSSR count). The average Bonchev–Trinajstić information content (AvgIpc) is 2.32. The molecule has 3 heteroatoms. The Morgan fingerprint density at radius 1 is 1.29 bits per heavy atom. The lowest BCUT2D eigenvalue weighted by Crippen LogP contribution is -2.04. The van der Waals surface area contributed by atoms with Gasteiger partial charge in [-0.25, -0.2) is 0 Å². The van der Waals surface area contributed by atoms with Crippen LogP contribution in [0.15, 0.2) is 47.1 Å². The Balaban J connectivity index is 2.14. The first-order valence-corrected chi connectivity index (χ1v) is 6.15. The highest BCUT2D eigenvalue weighted by Gasteiger charge is 2.07. The molecule has 0 amide bonds. The highest BCUT2D eigenvalue weighted by molar-refractivity contribution is 9.10. The molecule has 0 unspecified atom stereocenters. The largest absolute Gasteiger partial charge is 0.294 e. The van der Waals surface area contributed by atoms with E-state index in [0.717, 1.165) is 15.7 Å². The second-order valence-corrected chi connectivity index (χ2v) is 4.85. The zero-order chi connectivity index (χ0) is 12.3. The average molecular weight is 290 g/mol. The summed E-state index contributed by atoms with van der Waals surface area (Å²) in [7, 11) is 0. The van der Waals surface area contributed by atoms with E-state index in [0.29, 0.717) is 12.0 Å². The molecule has 0 aliphatic carbocycles. The predicted octanol–water partition coefficient (Wildman–Crippen LogP) is 3.58. The Bertz CT molecular complexity index is 534. The van der Waals surface area contributed by atoms with Crippen LogP contribution in [-0.2, 0) is 6.42 Å². The molecule has 0 saturated heterocycles. The summed E-state index contributed by atoms with van der Waals surface area (Å²) in [5.74, 6) is 0.0858. The molecule has 2 nitrogen and oxygen atoms in total. The minimum absolute atomic E-state index is 0.0858. The quantitative estimate of drug-likeness (QED) is 0.809. The topological polar surface area (TPSA) is 30.0 Å². The molecular formula is C14H12BrNO. The van der Waals surface area contributed by atoms with Crippen molar-refractivity contribution in [2.75, 3.05) is 0 Å². The molecule has 0 bridgehead atoms. The van der Waals surface area contributed by atoms with E-state index in [1.807, 2.05) is 43.3 Å². The molecule has 0 fully saturated rings. The molecule has 0 radical (unpaired) electrons. The van der Waals surface area contributed by atoms with Gasteiger partial charge in [-0.05, 0) is 30.7 Å². The van der Waals surface area contributed by atoms with Crippen molar-refractivity contribution >= 4 is 21.7 Å². The van der Waals surface area contributed by atoms with Gasteiger partial charge in [-0.1, -0.05) is 34.1 Å². The Morgan fingerprint density at radius 2 is 2.12 bits per heavy atom. The van der Waals surface area contributed by atoms with Crippen LogP contribution < -0.4 is 0 Å². The number of pyridine rings is 1. The van der Waals surface area contributed by atoms with Gasteiger partial charge in [0.15, 0.2) is 5.78 Å². The second-order valence-electron chi connectivity index (χ2n) is 3.94. The lowest BCUT2D eigenvalue weighted by molar-refractivity contribution is 0.0992. The lowest BCUT2D eigenvalue weighted by atomic mass is 10.1. The van der Waals surface area contributed by atoms with E-state index in [-0.39, 0.29) is 5.78 Å². The van der Waals surface area contributed by atoms with E-state index in [1.165, 1.54) is 0 Å². The zero-order valence-electron chi connectivity index (χ0n) is 9.48. The second kappa shape index (κ2) is 5.23. The number of benzene rings is 1. The molecule has 0 aliphatic heterocycles. The number of aromatic nitrogens is 1. The Hall–Kier alpha value is -1.48. The van der Waals surface area contributed by atoms with Gasteiger partial charge in [0.1, 0.15) is 0 Å². The third-order valence-corrected chi connectivity index (χ3v) is 2.95. The summed E-state index contributed by atoms with van der Waals surface area (Å²) in [5.41, 5.74) is 2.62. The molecule has 0 N–H and O–H groups in total. The van der Waals surface area contributed by atoms with Gasteiger partial charge in [-0.15, -0.1) is 0 Å². The Morgan fingerprint density at radius 3 is 2.76 bits per heavy atom. The standard InChI is InChI=1S/C14H12BrNO/c1-10-5-6-13(16-9-10)8-14(17)11-3-2-4-12(15)7-11/h2-7,9H,8H2,1H3. The molecule has 0 atom stereocenters. The molecule has 0 aliphatic rings. The van der Waals surface area contributed by atoms with Crippen LogP contribution in [0.1, 0.15) is 21.6 Å². The van der Waals surface area contributed by atoms with Crippen LogP contribution in [0.4, 0.5) is 0 Å². The molecule has 17 heavy (non-hydrogen) atoms. The van der Waals surface area contributed by atoms with E-state index >= 15 is 0 Å². The minimum atomic E-state index is 0.0858. The van der Waals surface area contributed by atoms with E-state index in [9.17, 15) is 4.79 Å². The van der Waals surface area contributed by atoms with E-state index in [2.05, 4.69) is 20.9 Å². The summed E-state index contributed by atoms with van der Waals surface area (Å²) < 4.78 is 0.917. The van der Waals surface area contributed by atoms with Crippen molar-refractivity contribution in [3.05, 3.63) is 63.9 Å². The minimum Gasteiger partial charge on any atom is -0.294 e. The number of rotatable bonds is 3. The Kier molecular flexibility index (Phi) is 3.69. The SMILES string of the molecule is Cc1ccc(CC(=O)c2cccc(Br)c2)nc1. The van der Waals surface area contributed by atoms with Crippen LogP contribution in [0.5, 0.6) is 0 Å². The number of nitrogens with zero attached hydrogens (tertiary/aromatic N) is 1. The van der Waals surface area contributed by atoms with Crippen molar-refractivity contribution in [2.24, 2.45) is 0 Å². The van der Waals surface area contributed by atoms with Gasteiger partial charge in [0.05, 0.1) is 6.42 Å². The predicted molar refractivity (Wildman–Crippen MR) is 71.2 cm³/mol. The van der Waals surface area contributed by atoms with Crippen molar-refractivity contribution in [2.45, 2.75) is 13.3 Å². The first-order chi connectivity index (χ1) is 8.15. The Labute approximate surface area is 109 Å². The third kappa shape index (κ3) is 3.24. The van der Waals surface area contributed by atoms with Crippen molar-refractivity contribution < 1.29 is 4.79 Å². The van der Waals surface area contributed by atoms with E-state index in [4.69, 9.17) is 0 Å². The number of halogens is 1. The summed E-state index contributed by atoms with van der Waals surface area (Å²) >= 11 is 3.36.